The summed E-state index contributed by atoms with van der Waals surface area (Å²) < 4.78 is 7.27. The number of nitrogens with zero attached hydrogens (tertiary/aromatic N) is 2. The summed E-state index contributed by atoms with van der Waals surface area (Å²) in [5.41, 5.74) is 2.85. The van der Waals surface area contributed by atoms with Gasteiger partial charge in [-0.3, -0.25) is 4.79 Å². The van der Waals surface area contributed by atoms with Crippen LogP contribution >= 0.6 is 23.2 Å². The number of hydrogen-bond donors (Lipinski definition) is 1. The molecule has 0 aliphatic heterocycles. The van der Waals surface area contributed by atoms with Crippen LogP contribution in [-0.4, -0.2) is 15.7 Å². The highest BCUT2D eigenvalue weighted by atomic mass is 35.5. The molecule has 3 aromatic rings. The fourth-order valence-electron chi connectivity index (χ4n) is 2.51. The topological polar surface area (TPSA) is 56.1 Å². The van der Waals surface area contributed by atoms with Gasteiger partial charge in [-0.2, -0.15) is 5.10 Å². The van der Waals surface area contributed by atoms with Gasteiger partial charge in [0.05, 0.1) is 15.7 Å². The molecule has 7 heteroatoms. The number of ether oxygens (including phenoxy) is 1. The fraction of sp³-hybridized carbons (Fsp3) is 0.158. The largest absolute Gasteiger partial charge is 0.471 e. The van der Waals surface area contributed by atoms with Crippen molar-refractivity contribution in [2.75, 3.05) is 5.32 Å². The maximum atomic E-state index is 12.4. The predicted molar refractivity (Wildman–Crippen MR) is 103 cm³/mol. The molecule has 1 aromatic heterocycles. The van der Waals surface area contributed by atoms with Crippen LogP contribution in [0.4, 0.5) is 5.69 Å². The first-order valence-corrected chi connectivity index (χ1v) is 8.68. The molecule has 0 atom stereocenters. The van der Waals surface area contributed by atoms with Gasteiger partial charge in [0.15, 0.2) is 12.4 Å². The molecule has 26 heavy (non-hydrogen) atoms. The van der Waals surface area contributed by atoms with Gasteiger partial charge in [-0.25, -0.2) is 4.68 Å². The van der Waals surface area contributed by atoms with Gasteiger partial charge < -0.3 is 10.1 Å². The SMILES string of the molecule is Cc1cc(C)cc(OCn2ccc(C(=O)Nc3c(Cl)cccc3Cl)n2)c1. The number of para-hydroxylation sites is 1. The molecule has 0 aliphatic carbocycles. The number of anilines is 1. The maximum Gasteiger partial charge on any atom is 0.276 e. The Labute approximate surface area is 161 Å². The van der Waals surface area contributed by atoms with Crippen molar-refractivity contribution in [2.45, 2.75) is 20.6 Å². The van der Waals surface area contributed by atoms with Crippen molar-refractivity contribution in [3.05, 3.63) is 75.5 Å². The quantitative estimate of drug-likeness (QED) is 0.660. The van der Waals surface area contributed by atoms with Crippen LogP contribution in [0.15, 0.2) is 48.7 Å². The zero-order chi connectivity index (χ0) is 18.7. The van der Waals surface area contributed by atoms with E-state index >= 15 is 0 Å². The Hall–Kier alpha value is -2.50. The second-order valence-electron chi connectivity index (χ2n) is 5.89. The second kappa shape index (κ2) is 7.81. The van der Waals surface area contributed by atoms with E-state index in [0.717, 1.165) is 16.9 Å². The van der Waals surface area contributed by atoms with Gasteiger partial charge in [0.25, 0.3) is 5.91 Å². The van der Waals surface area contributed by atoms with Crippen LogP contribution in [0.2, 0.25) is 10.0 Å². The van der Waals surface area contributed by atoms with Crippen LogP contribution in [0.1, 0.15) is 21.6 Å². The summed E-state index contributed by atoms with van der Waals surface area (Å²) in [6.45, 7) is 4.22. The molecule has 5 nitrogen and oxygen atoms in total. The monoisotopic (exact) mass is 389 g/mol. The van der Waals surface area contributed by atoms with E-state index in [1.807, 2.05) is 26.0 Å². The summed E-state index contributed by atoms with van der Waals surface area (Å²) in [5.74, 6) is 0.358. The lowest BCUT2D eigenvalue weighted by atomic mass is 10.1. The number of aromatic nitrogens is 2. The average molecular weight is 390 g/mol. The van der Waals surface area contributed by atoms with E-state index in [-0.39, 0.29) is 12.4 Å². The minimum absolute atomic E-state index is 0.197. The minimum Gasteiger partial charge on any atom is -0.471 e. The fourth-order valence-corrected chi connectivity index (χ4v) is 3.00. The number of carbonyl (C=O) groups excluding carboxylic acids is 1. The Morgan fingerprint density at radius 1 is 1.12 bits per heavy atom. The van der Waals surface area contributed by atoms with Crippen molar-refractivity contribution in [2.24, 2.45) is 0 Å². The lowest BCUT2D eigenvalue weighted by Gasteiger charge is -2.09. The van der Waals surface area contributed by atoms with Crippen LogP contribution in [0.5, 0.6) is 5.75 Å². The Balaban J connectivity index is 1.66. The van der Waals surface area contributed by atoms with E-state index in [2.05, 4.69) is 16.5 Å². The van der Waals surface area contributed by atoms with E-state index in [0.29, 0.717) is 15.7 Å². The van der Waals surface area contributed by atoms with E-state index in [1.165, 1.54) is 0 Å². The molecule has 1 heterocycles. The highest BCUT2D eigenvalue weighted by Crippen LogP contribution is 2.30. The zero-order valence-electron chi connectivity index (χ0n) is 14.3. The first-order chi connectivity index (χ1) is 12.4. The number of rotatable bonds is 5. The van der Waals surface area contributed by atoms with Crippen molar-refractivity contribution >= 4 is 34.8 Å². The Morgan fingerprint density at radius 2 is 1.77 bits per heavy atom. The molecule has 2 aromatic carbocycles. The van der Waals surface area contributed by atoms with Crippen LogP contribution < -0.4 is 10.1 Å². The van der Waals surface area contributed by atoms with Crippen molar-refractivity contribution in [1.29, 1.82) is 0 Å². The molecule has 1 amide bonds. The third-order valence-corrected chi connectivity index (χ3v) is 4.26. The molecule has 0 bridgehead atoms. The first kappa shape index (κ1) is 18.3. The molecular weight excluding hydrogens is 373 g/mol. The highest BCUT2D eigenvalue weighted by Gasteiger charge is 2.14. The molecule has 0 spiro atoms. The zero-order valence-corrected chi connectivity index (χ0v) is 15.8. The molecule has 0 saturated carbocycles. The standard InChI is InChI=1S/C19H17Cl2N3O2/c1-12-8-13(2)10-14(9-12)26-11-24-7-6-17(23-24)19(25)22-18-15(20)4-3-5-16(18)21/h3-10H,11H2,1-2H3,(H,22,25). The number of nitrogens with one attached hydrogen (secondary N) is 1. The first-order valence-electron chi connectivity index (χ1n) is 7.92. The minimum atomic E-state index is -0.398. The molecule has 0 fully saturated rings. The molecular formula is C19H17Cl2N3O2. The molecule has 0 saturated heterocycles. The van der Waals surface area contributed by atoms with Gasteiger partial charge in [0.2, 0.25) is 0 Å². The van der Waals surface area contributed by atoms with Gasteiger partial charge in [-0.15, -0.1) is 0 Å². The summed E-state index contributed by atoms with van der Waals surface area (Å²) in [6, 6.07) is 12.6. The molecule has 0 radical (unpaired) electrons. The Morgan fingerprint density at radius 3 is 2.42 bits per heavy atom. The summed E-state index contributed by atoms with van der Waals surface area (Å²) in [7, 11) is 0. The van der Waals surface area contributed by atoms with E-state index in [9.17, 15) is 4.79 Å². The van der Waals surface area contributed by atoms with E-state index in [4.69, 9.17) is 27.9 Å². The molecule has 0 unspecified atom stereocenters. The second-order valence-corrected chi connectivity index (χ2v) is 6.70. The van der Waals surface area contributed by atoms with Crippen LogP contribution in [0.3, 0.4) is 0 Å². The average Bonchev–Trinajstić information content (AvgIpc) is 3.05. The van der Waals surface area contributed by atoms with Crippen molar-refractivity contribution < 1.29 is 9.53 Å². The predicted octanol–water partition coefficient (Wildman–Crippen LogP) is 5.10. The van der Waals surface area contributed by atoms with Crippen molar-refractivity contribution in [3.8, 4) is 5.75 Å². The lowest BCUT2D eigenvalue weighted by molar-refractivity contribution is 0.102. The number of aryl methyl sites for hydroxylation is 2. The number of amides is 1. The number of benzene rings is 2. The van der Waals surface area contributed by atoms with Crippen LogP contribution in [0, 0.1) is 13.8 Å². The Bertz CT molecular complexity index is 913. The normalized spacial score (nSPS) is 10.6. The lowest BCUT2D eigenvalue weighted by Crippen LogP contribution is -2.14. The maximum absolute atomic E-state index is 12.4. The smallest absolute Gasteiger partial charge is 0.276 e. The molecule has 0 aliphatic rings. The number of carbonyl (C=O) groups is 1. The van der Waals surface area contributed by atoms with Gasteiger partial charge in [0, 0.05) is 6.20 Å². The van der Waals surface area contributed by atoms with Crippen LogP contribution in [-0.2, 0) is 6.73 Å². The van der Waals surface area contributed by atoms with Gasteiger partial charge in [-0.1, -0.05) is 35.3 Å². The molecule has 134 valence electrons. The van der Waals surface area contributed by atoms with E-state index in [1.54, 1.807) is 35.1 Å². The third-order valence-electron chi connectivity index (χ3n) is 3.63. The third kappa shape index (κ3) is 4.36. The van der Waals surface area contributed by atoms with Crippen molar-refractivity contribution in [1.82, 2.24) is 9.78 Å². The number of halogens is 2. The Kier molecular flexibility index (Phi) is 5.49. The van der Waals surface area contributed by atoms with E-state index < -0.39 is 5.91 Å². The summed E-state index contributed by atoms with van der Waals surface area (Å²) in [6.07, 6.45) is 1.67. The van der Waals surface area contributed by atoms with Crippen molar-refractivity contribution in [3.63, 3.8) is 0 Å². The van der Waals surface area contributed by atoms with Crippen LogP contribution in [0.25, 0.3) is 0 Å². The summed E-state index contributed by atoms with van der Waals surface area (Å²) in [5, 5.41) is 7.62. The highest BCUT2D eigenvalue weighted by molar-refractivity contribution is 6.39. The van der Waals surface area contributed by atoms with Gasteiger partial charge >= 0.3 is 0 Å². The molecule has 3 rings (SSSR count). The summed E-state index contributed by atoms with van der Waals surface area (Å²) in [4.78, 5) is 12.4. The molecule has 1 N–H and O–H groups in total. The van der Waals surface area contributed by atoms with Gasteiger partial charge in [0.1, 0.15) is 5.75 Å². The summed E-state index contributed by atoms with van der Waals surface area (Å²) >= 11 is 12.1. The number of hydrogen-bond acceptors (Lipinski definition) is 3. The van der Waals surface area contributed by atoms with Gasteiger partial charge in [-0.05, 0) is 55.3 Å².